The molecule has 3 nitrogen and oxygen atoms in total. The minimum atomic E-state index is -0.649. The number of carbonyl (C=O) groups excluding carboxylic acids is 1. The van der Waals surface area contributed by atoms with E-state index < -0.39 is 17.6 Å². The van der Waals surface area contributed by atoms with Gasteiger partial charge in [0.2, 0.25) is 0 Å². The van der Waals surface area contributed by atoms with Crippen LogP contribution in [-0.2, 0) is 16.0 Å². The number of methoxy groups -OCH3 is 2. The van der Waals surface area contributed by atoms with Gasteiger partial charge in [0.15, 0.2) is 11.6 Å². The Morgan fingerprint density at radius 3 is 2.50 bits per heavy atom. The summed E-state index contributed by atoms with van der Waals surface area (Å²) in [5, 5.41) is 0. The lowest BCUT2D eigenvalue weighted by Gasteiger charge is -2.06. The van der Waals surface area contributed by atoms with Crippen molar-refractivity contribution in [1.82, 2.24) is 0 Å². The van der Waals surface area contributed by atoms with E-state index in [0.717, 1.165) is 12.1 Å². The molecule has 0 radical (unpaired) electrons. The predicted molar refractivity (Wildman–Crippen MR) is 53.2 cm³/mol. The molecule has 0 aliphatic rings. The number of rotatable bonds is 4. The van der Waals surface area contributed by atoms with E-state index >= 15 is 0 Å². The Bertz CT molecular complexity index is 391. The first kappa shape index (κ1) is 12.4. The molecule has 16 heavy (non-hydrogen) atoms. The SMILES string of the molecule is COC(=O)CCc1cc(F)c(OC)cc1F. The summed E-state index contributed by atoms with van der Waals surface area (Å²) in [6.45, 7) is 0. The second kappa shape index (κ2) is 5.44. The fourth-order valence-corrected chi connectivity index (χ4v) is 1.26. The lowest BCUT2D eigenvalue weighted by molar-refractivity contribution is -0.140. The molecule has 1 rings (SSSR count). The molecular formula is C11H12F2O3. The number of benzene rings is 1. The van der Waals surface area contributed by atoms with Crippen LogP contribution in [0.2, 0.25) is 0 Å². The smallest absolute Gasteiger partial charge is 0.305 e. The minimum absolute atomic E-state index is 0.0131. The Kier molecular flexibility index (Phi) is 4.22. The Balaban J connectivity index is 2.81. The quantitative estimate of drug-likeness (QED) is 0.743. The summed E-state index contributed by atoms with van der Waals surface area (Å²) in [6.07, 6.45) is 0.110. The van der Waals surface area contributed by atoms with Gasteiger partial charge in [-0.3, -0.25) is 4.79 Å². The van der Waals surface area contributed by atoms with Gasteiger partial charge in [-0.2, -0.15) is 0 Å². The van der Waals surface area contributed by atoms with Crippen LogP contribution in [0.25, 0.3) is 0 Å². The number of carbonyl (C=O) groups is 1. The molecule has 1 aromatic carbocycles. The summed E-state index contributed by atoms with van der Waals surface area (Å²) >= 11 is 0. The summed E-state index contributed by atoms with van der Waals surface area (Å²) in [4.78, 5) is 10.8. The van der Waals surface area contributed by atoms with Crippen LogP contribution in [0.15, 0.2) is 12.1 Å². The molecule has 1 aromatic rings. The van der Waals surface area contributed by atoms with Crippen LogP contribution in [0.4, 0.5) is 8.78 Å². The van der Waals surface area contributed by atoms with Crippen LogP contribution in [-0.4, -0.2) is 20.2 Å². The molecule has 0 aromatic heterocycles. The summed E-state index contributed by atoms with van der Waals surface area (Å²) in [5.41, 5.74) is 0.128. The largest absolute Gasteiger partial charge is 0.494 e. The Morgan fingerprint density at radius 1 is 1.25 bits per heavy atom. The molecule has 0 aliphatic heterocycles. The van der Waals surface area contributed by atoms with Crippen LogP contribution in [0, 0.1) is 11.6 Å². The first-order valence-corrected chi connectivity index (χ1v) is 4.67. The molecule has 0 bridgehead atoms. The van der Waals surface area contributed by atoms with E-state index in [4.69, 9.17) is 0 Å². The lowest BCUT2D eigenvalue weighted by Crippen LogP contribution is -2.04. The summed E-state index contributed by atoms with van der Waals surface area (Å²) in [5.74, 6) is -1.86. The van der Waals surface area contributed by atoms with Crippen molar-refractivity contribution >= 4 is 5.97 Å². The van der Waals surface area contributed by atoms with Gasteiger partial charge in [-0.15, -0.1) is 0 Å². The van der Waals surface area contributed by atoms with Crippen molar-refractivity contribution < 1.29 is 23.0 Å². The highest BCUT2D eigenvalue weighted by Gasteiger charge is 2.11. The highest BCUT2D eigenvalue weighted by molar-refractivity contribution is 5.69. The van der Waals surface area contributed by atoms with Gasteiger partial charge in [0.1, 0.15) is 5.82 Å². The standard InChI is InChI=1S/C11H12F2O3/c1-15-10-6-8(12)7(5-9(10)13)3-4-11(14)16-2/h5-6H,3-4H2,1-2H3. The van der Waals surface area contributed by atoms with E-state index in [1.807, 2.05) is 0 Å². The van der Waals surface area contributed by atoms with Crippen molar-refractivity contribution in [3.63, 3.8) is 0 Å². The number of hydrogen-bond donors (Lipinski definition) is 0. The van der Waals surface area contributed by atoms with Crippen molar-refractivity contribution in [1.29, 1.82) is 0 Å². The molecule has 0 spiro atoms. The molecular weight excluding hydrogens is 218 g/mol. The van der Waals surface area contributed by atoms with E-state index in [1.54, 1.807) is 0 Å². The molecule has 0 atom stereocenters. The second-order valence-electron chi connectivity index (χ2n) is 3.15. The molecule has 0 N–H and O–H groups in total. The highest BCUT2D eigenvalue weighted by atomic mass is 19.1. The fourth-order valence-electron chi connectivity index (χ4n) is 1.26. The third-order valence-corrected chi connectivity index (χ3v) is 2.15. The molecule has 88 valence electrons. The topological polar surface area (TPSA) is 35.5 Å². The monoisotopic (exact) mass is 230 g/mol. The van der Waals surface area contributed by atoms with Crippen LogP contribution in [0.1, 0.15) is 12.0 Å². The first-order valence-electron chi connectivity index (χ1n) is 4.67. The van der Waals surface area contributed by atoms with Crippen molar-refractivity contribution in [3.8, 4) is 5.75 Å². The molecule has 0 amide bonds. The van der Waals surface area contributed by atoms with Crippen LogP contribution in [0.5, 0.6) is 5.75 Å². The zero-order valence-corrected chi connectivity index (χ0v) is 9.05. The molecule has 0 unspecified atom stereocenters. The van der Waals surface area contributed by atoms with Gasteiger partial charge in [0, 0.05) is 12.5 Å². The second-order valence-corrected chi connectivity index (χ2v) is 3.15. The number of hydrogen-bond acceptors (Lipinski definition) is 3. The summed E-state index contributed by atoms with van der Waals surface area (Å²) in [6, 6.07) is 1.99. The van der Waals surface area contributed by atoms with E-state index in [2.05, 4.69) is 9.47 Å². The van der Waals surface area contributed by atoms with Crippen LogP contribution < -0.4 is 4.74 Å². The maximum atomic E-state index is 13.4. The third kappa shape index (κ3) is 2.92. The number of esters is 1. The van der Waals surface area contributed by atoms with Gasteiger partial charge < -0.3 is 9.47 Å². The van der Waals surface area contributed by atoms with E-state index in [1.165, 1.54) is 14.2 Å². The third-order valence-electron chi connectivity index (χ3n) is 2.15. The highest BCUT2D eigenvalue weighted by Crippen LogP contribution is 2.22. The van der Waals surface area contributed by atoms with Crippen molar-refractivity contribution in [2.45, 2.75) is 12.8 Å². The Hall–Kier alpha value is -1.65. The Morgan fingerprint density at radius 2 is 1.94 bits per heavy atom. The maximum Gasteiger partial charge on any atom is 0.305 e. The normalized spacial score (nSPS) is 10.0. The van der Waals surface area contributed by atoms with Gasteiger partial charge in [0.25, 0.3) is 0 Å². The van der Waals surface area contributed by atoms with Gasteiger partial charge in [-0.05, 0) is 18.1 Å². The van der Waals surface area contributed by atoms with Crippen molar-refractivity contribution in [2.75, 3.05) is 14.2 Å². The average molecular weight is 230 g/mol. The van der Waals surface area contributed by atoms with Crippen LogP contribution >= 0.6 is 0 Å². The molecule has 0 saturated carbocycles. The van der Waals surface area contributed by atoms with E-state index in [9.17, 15) is 13.6 Å². The van der Waals surface area contributed by atoms with E-state index in [0.29, 0.717) is 0 Å². The van der Waals surface area contributed by atoms with Gasteiger partial charge >= 0.3 is 5.97 Å². The number of ether oxygens (including phenoxy) is 2. The van der Waals surface area contributed by atoms with Gasteiger partial charge in [0.05, 0.1) is 14.2 Å². The summed E-state index contributed by atoms with van der Waals surface area (Å²) in [7, 11) is 2.50. The van der Waals surface area contributed by atoms with Gasteiger partial charge in [-0.1, -0.05) is 0 Å². The van der Waals surface area contributed by atoms with Crippen molar-refractivity contribution in [3.05, 3.63) is 29.3 Å². The number of aryl methyl sites for hydroxylation is 1. The predicted octanol–water partition coefficient (Wildman–Crippen LogP) is 2.08. The zero-order valence-electron chi connectivity index (χ0n) is 9.05. The van der Waals surface area contributed by atoms with E-state index in [-0.39, 0.29) is 24.2 Å². The minimum Gasteiger partial charge on any atom is -0.494 e. The summed E-state index contributed by atoms with van der Waals surface area (Å²) < 4.78 is 35.6. The first-order chi connectivity index (χ1) is 7.58. The average Bonchev–Trinajstić information content (AvgIpc) is 2.29. The fraction of sp³-hybridized carbons (Fsp3) is 0.364. The molecule has 5 heteroatoms. The van der Waals surface area contributed by atoms with Crippen molar-refractivity contribution in [2.24, 2.45) is 0 Å². The lowest BCUT2D eigenvalue weighted by atomic mass is 10.1. The number of halogens is 2. The van der Waals surface area contributed by atoms with Crippen LogP contribution in [0.3, 0.4) is 0 Å². The molecule has 0 heterocycles. The molecule has 0 saturated heterocycles. The zero-order chi connectivity index (χ0) is 12.1. The molecule has 0 aliphatic carbocycles. The van der Waals surface area contributed by atoms with Gasteiger partial charge in [-0.25, -0.2) is 8.78 Å². The Labute approximate surface area is 92.0 Å². The maximum absolute atomic E-state index is 13.4. The molecule has 0 fully saturated rings.